The fourth-order valence-electron chi connectivity index (χ4n) is 3.34. The molecule has 2 aromatic heterocycles. The summed E-state index contributed by atoms with van der Waals surface area (Å²) >= 11 is 0. The Labute approximate surface area is 128 Å². The Hall–Kier alpha value is -2.21. The molecule has 2 aromatic rings. The van der Waals surface area contributed by atoms with E-state index in [1.807, 2.05) is 17.9 Å². The summed E-state index contributed by atoms with van der Waals surface area (Å²) in [6, 6.07) is 3.61. The average molecular weight is 299 g/mol. The van der Waals surface area contributed by atoms with Gasteiger partial charge in [0.05, 0.1) is 23.6 Å². The van der Waals surface area contributed by atoms with Gasteiger partial charge in [0.1, 0.15) is 18.2 Å². The second-order valence-corrected chi connectivity index (χ2v) is 5.91. The van der Waals surface area contributed by atoms with Crippen LogP contribution >= 0.6 is 0 Å². The highest BCUT2D eigenvalue weighted by molar-refractivity contribution is 5.94. The lowest BCUT2D eigenvalue weighted by Gasteiger charge is -2.18. The van der Waals surface area contributed by atoms with Crippen LogP contribution in [0.2, 0.25) is 0 Å². The van der Waals surface area contributed by atoms with E-state index in [2.05, 4.69) is 9.97 Å². The largest absolute Gasteiger partial charge is 0.472 e. The molecule has 2 aliphatic rings. The monoisotopic (exact) mass is 299 g/mol. The minimum Gasteiger partial charge on any atom is -0.472 e. The summed E-state index contributed by atoms with van der Waals surface area (Å²) in [7, 11) is 0. The van der Waals surface area contributed by atoms with E-state index >= 15 is 0 Å². The summed E-state index contributed by atoms with van der Waals surface area (Å²) in [5.41, 5.74) is 1.54. The Morgan fingerprint density at radius 2 is 2.27 bits per heavy atom. The van der Waals surface area contributed by atoms with E-state index in [1.165, 1.54) is 12.5 Å². The van der Waals surface area contributed by atoms with E-state index < -0.39 is 0 Å². The van der Waals surface area contributed by atoms with Crippen molar-refractivity contribution in [3.8, 4) is 0 Å². The number of aromatic nitrogens is 2. The first-order valence-corrected chi connectivity index (χ1v) is 7.47. The first-order chi connectivity index (χ1) is 10.7. The first-order valence-electron chi connectivity index (χ1n) is 7.47. The van der Waals surface area contributed by atoms with Crippen LogP contribution in [0.5, 0.6) is 0 Å². The highest BCUT2D eigenvalue weighted by atomic mass is 16.5. The third-order valence-corrected chi connectivity index (χ3v) is 4.42. The molecular weight excluding hydrogens is 282 g/mol. The van der Waals surface area contributed by atoms with Gasteiger partial charge in [-0.1, -0.05) is 0 Å². The molecule has 114 valence electrons. The van der Waals surface area contributed by atoms with Crippen molar-refractivity contribution < 1.29 is 13.9 Å². The van der Waals surface area contributed by atoms with Crippen molar-refractivity contribution >= 4 is 5.91 Å². The minimum absolute atomic E-state index is 0.0150. The molecule has 2 aliphatic heterocycles. The second kappa shape index (κ2) is 5.21. The molecule has 1 amide bonds. The predicted molar refractivity (Wildman–Crippen MR) is 77.1 cm³/mol. The number of furan rings is 1. The standard InChI is InChI=1S/C16H17N3O3/c1-10-17-4-2-13(18-10)14-6-12-7-19(8-15(12)22-14)16(20)11-3-5-21-9-11/h2-5,9,12,14-15H,6-8H2,1H3/t12-,14-,15+/m0/s1. The lowest BCUT2D eigenvalue weighted by atomic mass is 10.0. The number of carbonyl (C=O) groups excluding carboxylic acids is 1. The van der Waals surface area contributed by atoms with Crippen LogP contribution in [0.1, 0.15) is 34.4 Å². The van der Waals surface area contributed by atoms with E-state index in [0.29, 0.717) is 18.0 Å². The van der Waals surface area contributed by atoms with Gasteiger partial charge in [-0.05, 0) is 25.5 Å². The molecule has 6 heteroatoms. The highest BCUT2D eigenvalue weighted by Crippen LogP contribution is 2.40. The van der Waals surface area contributed by atoms with Gasteiger partial charge in [-0.25, -0.2) is 9.97 Å². The summed E-state index contributed by atoms with van der Waals surface area (Å²) in [6.45, 7) is 3.25. The number of likely N-dealkylation sites (tertiary alicyclic amines) is 1. The average Bonchev–Trinajstić information content (AvgIpc) is 3.22. The Kier molecular flexibility index (Phi) is 3.18. The molecule has 4 rings (SSSR count). The van der Waals surface area contributed by atoms with E-state index in [1.54, 1.807) is 12.3 Å². The number of hydrogen-bond donors (Lipinski definition) is 0. The molecule has 6 nitrogen and oxygen atoms in total. The van der Waals surface area contributed by atoms with Crippen LogP contribution in [0, 0.1) is 12.8 Å². The molecule has 0 aromatic carbocycles. The van der Waals surface area contributed by atoms with Crippen LogP contribution in [0.4, 0.5) is 0 Å². The predicted octanol–water partition coefficient (Wildman–Crippen LogP) is 1.98. The smallest absolute Gasteiger partial charge is 0.257 e. The number of amides is 1. The van der Waals surface area contributed by atoms with Crippen molar-refractivity contribution in [2.75, 3.05) is 13.1 Å². The molecular formula is C16H17N3O3. The molecule has 0 spiro atoms. The molecule has 0 aliphatic carbocycles. The Balaban J connectivity index is 1.43. The lowest BCUT2D eigenvalue weighted by molar-refractivity contribution is 0.0334. The maximum absolute atomic E-state index is 12.3. The van der Waals surface area contributed by atoms with E-state index in [0.717, 1.165) is 24.5 Å². The van der Waals surface area contributed by atoms with Gasteiger partial charge in [0.15, 0.2) is 0 Å². The number of hydrogen-bond acceptors (Lipinski definition) is 5. The summed E-state index contributed by atoms with van der Waals surface area (Å²) in [5, 5.41) is 0. The second-order valence-electron chi connectivity index (χ2n) is 5.91. The van der Waals surface area contributed by atoms with Gasteiger partial charge in [-0.2, -0.15) is 0 Å². The topological polar surface area (TPSA) is 68.5 Å². The van der Waals surface area contributed by atoms with E-state index in [-0.39, 0.29) is 18.1 Å². The summed E-state index contributed by atoms with van der Waals surface area (Å²) in [5.74, 6) is 1.15. The molecule has 4 heterocycles. The maximum atomic E-state index is 12.3. The van der Waals surface area contributed by atoms with Crippen molar-refractivity contribution in [1.82, 2.24) is 14.9 Å². The fraction of sp³-hybridized carbons (Fsp3) is 0.438. The van der Waals surface area contributed by atoms with Crippen molar-refractivity contribution in [3.63, 3.8) is 0 Å². The van der Waals surface area contributed by atoms with Crippen LogP contribution < -0.4 is 0 Å². The Morgan fingerprint density at radius 1 is 1.36 bits per heavy atom. The summed E-state index contributed by atoms with van der Waals surface area (Å²) < 4.78 is 11.1. The molecule has 0 radical (unpaired) electrons. The zero-order valence-corrected chi connectivity index (χ0v) is 12.3. The number of rotatable bonds is 2. The molecule has 0 unspecified atom stereocenters. The highest BCUT2D eigenvalue weighted by Gasteiger charge is 2.44. The van der Waals surface area contributed by atoms with E-state index in [4.69, 9.17) is 9.15 Å². The lowest BCUT2D eigenvalue weighted by Crippen LogP contribution is -2.30. The van der Waals surface area contributed by atoms with Crippen molar-refractivity contribution in [2.45, 2.75) is 25.6 Å². The van der Waals surface area contributed by atoms with Crippen LogP contribution in [0.15, 0.2) is 35.3 Å². The van der Waals surface area contributed by atoms with Crippen LogP contribution in [0.3, 0.4) is 0 Å². The third kappa shape index (κ3) is 2.29. The zero-order chi connectivity index (χ0) is 15.1. The SMILES string of the molecule is Cc1nccc([C@@H]2C[C@H]3CN(C(=O)c4ccoc4)C[C@H]3O2)n1. The molecule has 3 atom stereocenters. The van der Waals surface area contributed by atoms with Gasteiger partial charge in [0.2, 0.25) is 0 Å². The quantitative estimate of drug-likeness (QED) is 0.848. The summed E-state index contributed by atoms with van der Waals surface area (Å²) in [4.78, 5) is 22.7. The number of ether oxygens (including phenoxy) is 1. The molecule has 0 saturated carbocycles. The first kappa shape index (κ1) is 13.5. The maximum Gasteiger partial charge on any atom is 0.257 e. The molecule has 0 bridgehead atoms. The normalized spacial score (nSPS) is 27.1. The van der Waals surface area contributed by atoms with Crippen molar-refractivity contribution in [3.05, 3.63) is 47.9 Å². The van der Waals surface area contributed by atoms with Gasteiger partial charge in [0, 0.05) is 25.2 Å². The molecule has 2 saturated heterocycles. The number of carbonyl (C=O) groups is 1. The molecule has 2 fully saturated rings. The van der Waals surface area contributed by atoms with Gasteiger partial charge >= 0.3 is 0 Å². The van der Waals surface area contributed by atoms with Crippen molar-refractivity contribution in [2.24, 2.45) is 5.92 Å². The number of fused-ring (bicyclic) bond motifs is 1. The Bertz CT molecular complexity index is 672. The van der Waals surface area contributed by atoms with Crippen molar-refractivity contribution in [1.29, 1.82) is 0 Å². The fourth-order valence-corrected chi connectivity index (χ4v) is 3.34. The molecule has 0 N–H and O–H groups in total. The van der Waals surface area contributed by atoms with Gasteiger partial charge in [-0.15, -0.1) is 0 Å². The number of aryl methyl sites for hydroxylation is 1. The van der Waals surface area contributed by atoms with Gasteiger partial charge < -0.3 is 14.1 Å². The van der Waals surface area contributed by atoms with Crippen LogP contribution in [-0.4, -0.2) is 40.0 Å². The summed E-state index contributed by atoms with van der Waals surface area (Å²) in [6.07, 6.45) is 5.79. The Morgan fingerprint density at radius 3 is 3.00 bits per heavy atom. The zero-order valence-electron chi connectivity index (χ0n) is 12.3. The number of nitrogens with zero attached hydrogens (tertiary/aromatic N) is 3. The molecule has 22 heavy (non-hydrogen) atoms. The van der Waals surface area contributed by atoms with Crippen LogP contribution in [-0.2, 0) is 4.74 Å². The van der Waals surface area contributed by atoms with Crippen LogP contribution in [0.25, 0.3) is 0 Å². The van der Waals surface area contributed by atoms with Gasteiger partial charge in [-0.3, -0.25) is 4.79 Å². The third-order valence-electron chi connectivity index (χ3n) is 4.42. The minimum atomic E-state index is 0.0150. The van der Waals surface area contributed by atoms with E-state index in [9.17, 15) is 4.79 Å². The van der Waals surface area contributed by atoms with Gasteiger partial charge in [0.25, 0.3) is 5.91 Å².